The minimum atomic E-state index is 0.0501. The van der Waals surface area contributed by atoms with Gasteiger partial charge in [0.05, 0.1) is 13.2 Å². The van der Waals surface area contributed by atoms with E-state index in [-0.39, 0.29) is 6.04 Å². The number of hydrogen-bond donors (Lipinski definition) is 1. The summed E-state index contributed by atoms with van der Waals surface area (Å²) in [7, 11) is 0. The number of hydrogen-bond acceptors (Lipinski definition) is 3. The Hall–Kier alpha value is -1.22. The van der Waals surface area contributed by atoms with Gasteiger partial charge in [0, 0.05) is 17.5 Å². The van der Waals surface area contributed by atoms with Crippen LogP contribution in [0.2, 0.25) is 0 Å². The molecule has 2 rings (SSSR count). The van der Waals surface area contributed by atoms with Gasteiger partial charge in [-0.25, -0.2) is 0 Å². The number of benzene rings is 1. The molecule has 2 atom stereocenters. The Labute approximate surface area is 90.2 Å². The van der Waals surface area contributed by atoms with E-state index in [1.807, 2.05) is 25.1 Å². The van der Waals surface area contributed by atoms with E-state index < -0.39 is 0 Å². The summed E-state index contributed by atoms with van der Waals surface area (Å²) >= 11 is 0. The van der Waals surface area contributed by atoms with Crippen molar-refractivity contribution in [1.82, 2.24) is 0 Å². The van der Waals surface area contributed by atoms with Gasteiger partial charge in [-0.15, -0.1) is 0 Å². The Morgan fingerprint density at radius 2 is 2.33 bits per heavy atom. The lowest BCUT2D eigenvalue weighted by Crippen LogP contribution is -2.29. The number of ether oxygens (including phenoxy) is 2. The zero-order chi connectivity index (χ0) is 10.8. The first kappa shape index (κ1) is 10.3. The molecule has 82 valence electrons. The SMILES string of the molecule is CCOc1ccc2c(c1)C(N)C(C)CO2. The predicted octanol–water partition coefficient (Wildman–Crippen LogP) is 2.11. The van der Waals surface area contributed by atoms with Crippen LogP contribution in [-0.2, 0) is 0 Å². The Morgan fingerprint density at radius 3 is 3.07 bits per heavy atom. The van der Waals surface area contributed by atoms with Crippen LogP contribution in [-0.4, -0.2) is 13.2 Å². The van der Waals surface area contributed by atoms with Crippen molar-refractivity contribution in [3.8, 4) is 11.5 Å². The van der Waals surface area contributed by atoms with Crippen LogP contribution in [0.5, 0.6) is 11.5 Å². The van der Waals surface area contributed by atoms with E-state index in [0.717, 1.165) is 17.1 Å². The molecule has 0 saturated heterocycles. The molecule has 1 heterocycles. The third kappa shape index (κ3) is 1.92. The molecule has 0 bridgehead atoms. The minimum absolute atomic E-state index is 0.0501. The van der Waals surface area contributed by atoms with Gasteiger partial charge in [0.2, 0.25) is 0 Å². The van der Waals surface area contributed by atoms with Gasteiger partial charge in [0.25, 0.3) is 0 Å². The molecule has 0 aromatic heterocycles. The Morgan fingerprint density at radius 1 is 1.53 bits per heavy atom. The van der Waals surface area contributed by atoms with Crippen molar-refractivity contribution < 1.29 is 9.47 Å². The molecular formula is C12H17NO2. The molecule has 1 aliphatic rings. The molecule has 0 radical (unpaired) electrons. The standard InChI is InChI=1S/C12H17NO2/c1-3-14-9-4-5-11-10(6-9)12(13)8(2)7-15-11/h4-6,8,12H,3,7,13H2,1-2H3. The van der Waals surface area contributed by atoms with Crippen LogP contribution in [0.15, 0.2) is 18.2 Å². The zero-order valence-corrected chi connectivity index (χ0v) is 9.19. The quantitative estimate of drug-likeness (QED) is 0.807. The molecule has 0 aliphatic carbocycles. The van der Waals surface area contributed by atoms with Crippen molar-refractivity contribution in [3.63, 3.8) is 0 Å². The average molecular weight is 207 g/mol. The zero-order valence-electron chi connectivity index (χ0n) is 9.19. The summed E-state index contributed by atoms with van der Waals surface area (Å²) in [5, 5.41) is 0. The molecule has 1 aromatic rings. The highest BCUT2D eigenvalue weighted by atomic mass is 16.5. The van der Waals surface area contributed by atoms with Crippen molar-refractivity contribution in [2.45, 2.75) is 19.9 Å². The highest BCUT2D eigenvalue weighted by Crippen LogP contribution is 2.35. The predicted molar refractivity (Wildman–Crippen MR) is 59.2 cm³/mol. The molecule has 0 amide bonds. The van der Waals surface area contributed by atoms with Crippen LogP contribution in [0.3, 0.4) is 0 Å². The minimum Gasteiger partial charge on any atom is -0.494 e. The first-order chi connectivity index (χ1) is 7.22. The Bertz CT molecular complexity index is 351. The van der Waals surface area contributed by atoms with E-state index in [0.29, 0.717) is 19.1 Å². The lowest BCUT2D eigenvalue weighted by Gasteiger charge is -2.28. The molecule has 0 saturated carbocycles. The van der Waals surface area contributed by atoms with E-state index in [1.54, 1.807) is 0 Å². The Kier molecular flexibility index (Phi) is 2.82. The van der Waals surface area contributed by atoms with E-state index in [1.165, 1.54) is 0 Å². The maximum Gasteiger partial charge on any atom is 0.124 e. The van der Waals surface area contributed by atoms with Crippen LogP contribution in [0.25, 0.3) is 0 Å². The maximum atomic E-state index is 6.12. The van der Waals surface area contributed by atoms with E-state index >= 15 is 0 Å². The van der Waals surface area contributed by atoms with Crippen molar-refractivity contribution in [2.24, 2.45) is 11.7 Å². The summed E-state index contributed by atoms with van der Waals surface area (Å²) in [4.78, 5) is 0. The third-order valence-electron chi connectivity index (χ3n) is 2.77. The molecule has 0 spiro atoms. The smallest absolute Gasteiger partial charge is 0.124 e. The molecular weight excluding hydrogens is 190 g/mol. The Balaban J connectivity index is 2.32. The summed E-state index contributed by atoms with van der Waals surface area (Å²) in [5.41, 5.74) is 7.17. The number of rotatable bonds is 2. The summed E-state index contributed by atoms with van der Waals surface area (Å²) < 4.78 is 11.0. The second-order valence-electron chi connectivity index (χ2n) is 3.95. The largest absolute Gasteiger partial charge is 0.494 e. The summed E-state index contributed by atoms with van der Waals surface area (Å²) in [5.74, 6) is 2.11. The average Bonchev–Trinajstić information content (AvgIpc) is 2.25. The molecule has 1 aromatic carbocycles. The van der Waals surface area contributed by atoms with Gasteiger partial charge in [-0.3, -0.25) is 0 Å². The maximum absolute atomic E-state index is 6.12. The second kappa shape index (κ2) is 4.11. The summed E-state index contributed by atoms with van der Waals surface area (Å²) in [6.45, 7) is 5.44. The first-order valence-corrected chi connectivity index (χ1v) is 5.37. The molecule has 2 N–H and O–H groups in total. The lowest BCUT2D eigenvalue weighted by atomic mass is 9.93. The lowest BCUT2D eigenvalue weighted by molar-refractivity contribution is 0.206. The molecule has 0 fully saturated rings. The molecule has 1 aliphatic heterocycles. The molecule has 3 nitrogen and oxygen atoms in total. The van der Waals surface area contributed by atoms with E-state index in [4.69, 9.17) is 15.2 Å². The monoisotopic (exact) mass is 207 g/mol. The third-order valence-corrected chi connectivity index (χ3v) is 2.77. The van der Waals surface area contributed by atoms with Crippen LogP contribution in [0, 0.1) is 5.92 Å². The highest BCUT2D eigenvalue weighted by molar-refractivity contribution is 5.43. The normalized spacial score (nSPS) is 24.2. The van der Waals surface area contributed by atoms with Crippen molar-refractivity contribution in [1.29, 1.82) is 0 Å². The van der Waals surface area contributed by atoms with Crippen LogP contribution in [0.4, 0.5) is 0 Å². The van der Waals surface area contributed by atoms with Crippen LogP contribution in [0.1, 0.15) is 25.5 Å². The fourth-order valence-corrected chi connectivity index (χ4v) is 1.81. The highest BCUT2D eigenvalue weighted by Gasteiger charge is 2.24. The van der Waals surface area contributed by atoms with Gasteiger partial charge >= 0.3 is 0 Å². The van der Waals surface area contributed by atoms with Crippen molar-refractivity contribution >= 4 is 0 Å². The van der Waals surface area contributed by atoms with Gasteiger partial charge in [-0.1, -0.05) is 6.92 Å². The molecule has 3 heteroatoms. The molecule has 15 heavy (non-hydrogen) atoms. The van der Waals surface area contributed by atoms with Crippen molar-refractivity contribution in [3.05, 3.63) is 23.8 Å². The van der Waals surface area contributed by atoms with E-state index in [2.05, 4.69) is 6.92 Å². The number of fused-ring (bicyclic) bond motifs is 1. The summed E-state index contributed by atoms with van der Waals surface area (Å²) in [6.07, 6.45) is 0. The number of nitrogens with two attached hydrogens (primary N) is 1. The van der Waals surface area contributed by atoms with Crippen LogP contribution < -0.4 is 15.2 Å². The van der Waals surface area contributed by atoms with Gasteiger partial charge in [0.1, 0.15) is 11.5 Å². The fraction of sp³-hybridized carbons (Fsp3) is 0.500. The fourth-order valence-electron chi connectivity index (χ4n) is 1.81. The van der Waals surface area contributed by atoms with Crippen molar-refractivity contribution in [2.75, 3.05) is 13.2 Å². The van der Waals surface area contributed by atoms with E-state index in [9.17, 15) is 0 Å². The topological polar surface area (TPSA) is 44.5 Å². The summed E-state index contributed by atoms with van der Waals surface area (Å²) in [6, 6.07) is 5.89. The van der Waals surface area contributed by atoms with Gasteiger partial charge in [-0.05, 0) is 25.1 Å². The van der Waals surface area contributed by atoms with Gasteiger partial charge in [-0.2, -0.15) is 0 Å². The first-order valence-electron chi connectivity index (χ1n) is 5.37. The van der Waals surface area contributed by atoms with Gasteiger partial charge < -0.3 is 15.2 Å². The second-order valence-corrected chi connectivity index (χ2v) is 3.95. The molecule has 2 unspecified atom stereocenters. The van der Waals surface area contributed by atoms with Gasteiger partial charge in [0.15, 0.2) is 0 Å². The van der Waals surface area contributed by atoms with Crippen LogP contribution >= 0.6 is 0 Å².